The lowest BCUT2D eigenvalue weighted by molar-refractivity contribution is 0.0698. The number of nitrogens with zero attached hydrogens (tertiary/aromatic N) is 1. The summed E-state index contributed by atoms with van der Waals surface area (Å²) in [5.74, 6) is 0.904. The molecule has 0 unspecified atom stereocenters. The highest BCUT2D eigenvalue weighted by molar-refractivity contribution is 4.88. The molecule has 118 valence electrons. The van der Waals surface area contributed by atoms with Crippen molar-refractivity contribution in [3.63, 3.8) is 0 Å². The molecule has 2 aliphatic rings. The van der Waals surface area contributed by atoms with Crippen LogP contribution >= 0.6 is 0 Å². The summed E-state index contributed by atoms with van der Waals surface area (Å²) in [7, 11) is 0. The highest BCUT2D eigenvalue weighted by Gasteiger charge is 2.34. The number of nitrogens with two attached hydrogens (primary N) is 1. The van der Waals surface area contributed by atoms with Crippen LogP contribution in [-0.4, -0.2) is 31.1 Å². The zero-order valence-electron chi connectivity index (χ0n) is 14.1. The van der Waals surface area contributed by atoms with E-state index in [0.29, 0.717) is 10.8 Å². The van der Waals surface area contributed by atoms with Crippen molar-refractivity contribution in [2.24, 2.45) is 22.5 Å². The minimum Gasteiger partial charge on any atom is -0.330 e. The van der Waals surface area contributed by atoms with E-state index in [1.165, 1.54) is 71.0 Å². The van der Waals surface area contributed by atoms with Crippen molar-refractivity contribution in [2.75, 3.05) is 26.2 Å². The van der Waals surface area contributed by atoms with Crippen molar-refractivity contribution in [2.45, 2.75) is 72.1 Å². The zero-order valence-corrected chi connectivity index (χ0v) is 14.1. The summed E-state index contributed by atoms with van der Waals surface area (Å²) in [6.45, 7) is 12.0. The highest BCUT2D eigenvalue weighted by Crippen LogP contribution is 2.38. The van der Waals surface area contributed by atoms with Gasteiger partial charge in [-0.25, -0.2) is 0 Å². The van der Waals surface area contributed by atoms with E-state index in [1.807, 2.05) is 0 Å². The molecular formula is C18H36N2. The largest absolute Gasteiger partial charge is 0.330 e. The van der Waals surface area contributed by atoms with Crippen LogP contribution in [0.15, 0.2) is 0 Å². The van der Waals surface area contributed by atoms with Gasteiger partial charge in [-0.15, -0.1) is 0 Å². The van der Waals surface area contributed by atoms with Gasteiger partial charge in [0.1, 0.15) is 0 Å². The molecule has 0 aromatic rings. The van der Waals surface area contributed by atoms with E-state index in [2.05, 4.69) is 25.7 Å². The number of likely N-dealkylation sites (tertiary alicyclic amines) is 1. The first kappa shape index (κ1) is 16.3. The summed E-state index contributed by atoms with van der Waals surface area (Å²) in [6.07, 6.45) is 11.1. The molecule has 2 heteroatoms. The molecular weight excluding hydrogens is 244 g/mol. The Bertz CT molecular complexity index is 276. The number of hydrogen-bond acceptors (Lipinski definition) is 2. The summed E-state index contributed by atoms with van der Waals surface area (Å²) < 4.78 is 0. The Labute approximate surface area is 126 Å². The van der Waals surface area contributed by atoms with Gasteiger partial charge < -0.3 is 10.6 Å². The molecule has 2 fully saturated rings. The van der Waals surface area contributed by atoms with Crippen molar-refractivity contribution >= 4 is 0 Å². The quantitative estimate of drug-likeness (QED) is 0.790. The number of hydrogen-bond donors (Lipinski definition) is 1. The minimum atomic E-state index is 0.436. The van der Waals surface area contributed by atoms with Gasteiger partial charge in [0.25, 0.3) is 0 Å². The molecule has 1 aliphatic heterocycles. The van der Waals surface area contributed by atoms with Gasteiger partial charge in [-0.05, 0) is 62.1 Å². The Morgan fingerprint density at radius 1 is 1.00 bits per heavy atom. The van der Waals surface area contributed by atoms with Gasteiger partial charge in [0, 0.05) is 6.54 Å². The molecule has 0 spiro atoms. The Kier molecular flexibility index (Phi) is 5.53. The Balaban J connectivity index is 1.87. The normalized spacial score (nSPS) is 26.4. The van der Waals surface area contributed by atoms with Gasteiger partial charge in [-0.3, -0.25) is 0 Å². The fourth-order valence-corrected chi connectivity index (χ4v) is 4.34. The molecule has 0 atom stereocenters. The Hall–Kier alpha value is -0.0800. The van der Waals surface area contributed by atoms with Crippen LogP contribution in [0.2, 0.25) is 0 Å². The predicted octanol–water partition coefficient (Wildman–Crippen LogP) is 4.04. The first-order valence-electron chi connectivity index (χ1n) is 8.88. The van der Waals surface area contributed by atoms with Gasteiger partial charge >= 0.3 is 0 Å². The van der Waals surface area contributed by atoms with Crippen LogP contribution < -0.4 is 5.73 Å². The average molecular weight is 280 g/mol. The maximum atomic E-state index is 6.19. The molecule has 0 aromatic carbocycles. The molecule has 0 aromatic heterocycles. The molecule has 1 saturated heterocycles. The Morgan fingerprint density at radius 2 is 1.55 bits per heavy atom. The molecule has 2 N–H and O–H groups in total. The molecule has 2 nitrogen and oxygen atoms in total. The molecule has 1 saturated carbocycles. The van der Waals surface area contributed by atoms with Crippen molar-refractivity contribution < 1.29 is 0 Å². The van der Waals surface area contributed by atoms with Gasteiger partial charge in [0.2, 0.25) is 0 Å². The zero-order chi connectivity index (χ0) is 14.6. The van der Waals surface area contributed by atoms with Crippen LogP contribution in [-0.2, 0) is 0 Å². The standard InChI is InChI=1S/C18H36N2/c1-17(2,3)16-8-12-20(13-9-16)15-18(14-19)10-6-4-5-7-11-18/h16H,4-15,19H2,1-3H3. The third-order valence-corrected chi connectivity index (χ3v) is 5.97. The van der Waals surface area contributed by atoms with Crippen molar-refractivity contribution in [1.29, 1.82) is 0 Å². The lowest BCUT2D eigenvalue weighted by atomic mass is 9.74. The summed E-state index contributed by atoms with van der Waals surface area (Å²) in [5.41, 5.74) is 7.12. The molecule has 1 heterocycles. The van der Waals surface area contributed by atoms with E-state index in [0.717, 1.165) is 12.5 Å². The summed E-state index contributed by atoms with van der Waals surface area (Å²) in [5, 5.41) is 0. The lowest BCUT2D eigenvalue weighted by Gasteiger charge is -2.43. The molecule has 0 radical (unpaired) electrons. The summed E-state index contributed by atoms with van der Waals surface area (Å²) in [6, 6.07) is 0. The van der Waals surface area contributed by atoms with Gasteiger partial charge in [-0.2, -0.15) is 0 Å². The maximum absolute atomic E-state index is 6.19. The summed E-state index contributed by atoms with van der Waals surface area (Å²) >= 11 is 0. The van der Waals surface area contributed by atoms with E-state index in [1.54, 1.807) is 0 Å². The molecule has 1 aliphatic carbocycles. The first-order chi connectivity index (χ1) is 9.45. The average Bonchev–Trinajstić information content (AvgIpc) is 2.64. The third-order valence-electron chi connectivity index (χ3n) is 5.97. The van der Waals surface area contributed by atoms with Crippen molar-refractivity contribution in [3.05, 3.63) is 0 Å². The topological polar surface area (TPSA) is 29.3 Å². The summed E-state index contributed by atoms with van der Waals surface area (Å²) in [4.78, 5) is 2.72. The Morgan fingerprint density at radius 3 is 2.00 bits per heavy atom. The van der Waals surface area contributed by atoms with Crippen molar-refractivity contribution in [3.8, 4) is 0 Å². The second-order valence-electron chi connectivity index (χ2n) is 8.53. The van der Waals surface area contributed by atoms with Gasteiger partial charge in [0.15, 0.2) is 0 Å². The minimum absolute atomic E-state index is 0.436. The maximum Gasteiger partial charge on any atom is 0.00501 e. The highest BCUT2D eigenvalue weighted by atomic mass is 15.1. The van der Waals surface area contributed by atoms with Crippen LogP contribution in [0.4, 0.5) is 0 Å². The van der Waals surface area contributed by atoms with Crippen molar-refractivity contribution in [1.82, 2.24) is 4.90 Å². The van der Waals surface area contributed by atoms with E-state index in [9.17, 15) is 0 Å². The van der Waals surface area contributed by atoms with Crippen LogP contribution in [0.5, 0.6) is 0 Å². The van der Waals surface area contributed by atoms with E-state index < -0.39 is 0 Å². The van der Waals surface area contributed by atoms with E-state index in [4.69, 9.17) is 5.73 Å². The number of rotatable bonds is 3. The van der Waals surface area contributed by atoms with Crippen LogP contribution in [0, 0.1) is 16.7 Å². The van der Waals surface area contributed by atoms with Gasteiger partial charge in [-0.1, -0.05) is 46.5 Å². The predicted molar refractivity (Wildman–Crippen MR) is 87.8 cm³/mol. The molecule has 2 rings (SSSR count). The van der Waals surface area contributed by atoms with E-state index >= 15 is 0 Å². The van der Waals surface area contributed by atoms with Crippen LogP contribution in [0.1, 0.15) is 72.1 Å². The fourth-order valence-electron chi connectivity index (χ4n) is 4.34. The lowest BCUT2D eigenvalue weighted by Crippen LogP contribution is -2.46. The fraction of sp³-hybridized carbons (Fsp3) is 1.00. The second-order valence-corrected chi connectivity index (χ2v) is 8.53. The van der Waals surface area contributed by atoms with Crippen LogP contribution in [0.3, 0.4) is 0 Å². The third kappa shape index (κ3) is 4.21. The molecule has 20 heavy (non-hydrogen) atoms. The molecule has 0 bridgehead atoms. The van der Waals surface area contributed by atoms with E-state index in [-0.39, 0.29) is 0 Å². The SMILES string of the molecule is CC(C)(C)C1CCN(CC2(CN)CCCCCC2)CC1. The van der Waals surface area contributed by atoms with Crippen LogP contribution in [0.25, 0.3) is 0 Å². The molecule has 0 amide bonds. The van der Waals surface area contributed by atoms with Gasteiger partial charge in [0.05, 0.1) is 0 Å². The first-order valence-corrected chi connectivity index (χ1v) is 8.88. The smallest absolute Gasteiger partial charge is 0.00501 e. The number of piperidine rings is 1. The monoisotopic (exact) mass is 280 g/mol. The second kappa shape index (κ2) is 6.79.